The maximum absolute atomic E-state index is 12.6. The van der Waals surface area contributed by atoms with Crippen LogP contribution in [0, 0.1) is 0 Å². The lowest BCUT2D eigenvalue weighted by molar-refractivity contribution is -0.123. The lowest BCUT2D eigenvalue weighted by Crippen LogP contribution is -2.49. The molecule has 2 aliphatic heterocycles. The van der Waals surface area contributed by atoms with E-state index in [2.05, 4.69) is 42.0 Å². The fourth-order valence-corrected chi connectivity index (χ4v) is 4.34. The molecular formula is C24H33N3O2. The summed E-state index contributed by atoms with van der Waals surface area (Å²) >= 11 is 0. The van der Waals surface area contributed by atoms with Crippen molar-refractivity contribution in [3.63, 3.8) is 0 Å². The van der Waals surface area contributed by atoms with E-state index in [0.717, 1.165) is 43.7 Å². The van der Waals surface area contributed by atoms with E-state index in [1.165, 1.54) is 5.56 Å². The number of allylic oxidation sites excluding steroid dienone is 1. The Hall–Kier alpha value is -2.40. The van der Waals surface area contributed by atoms with Crippen LogP contribution in [0.15, 0.2) is 53.7 Å². The second-order valence-electron chi connectivity index (χ2n) is 7.90. The van der Waals surface area contributed by atoms with Gasteiger partial charge in [-0.1, -0.05) is 24.8 Å². The number of rotatable bonds is 6. The van der Waals surface area contributed by atoms with Gasteiger partial charge in [0.25, 0.3) is 5.91 Å². The second kappa shape index (κ2) is 9.40. The SMILES string of the molecule is C=CC(=N/C=C(\C)C1CC2(CCNCC2)Oc2ccccc21)C(=O)N(CC)CC. The number of amides is 1. The molecule has 0 radical (unpaired) electrons. The first-order chi connectivity index (χ1) is 14.0. The molecule has 1 saturated heterocycles. The number of hydrogen-bond acceptors (Lipinski definition) is 4. The molecule has 1 amide bonds. The van der Waals surface area contributed by atoms with Gasteiger partial charge in [0.15, 0.2) is 0 Å². The minimum atomic E-state index is -0.124. The highest BCUT2D eigenvalue weighted by Gasteiger charge is 2.42. The first-order valence-corrected chi connectivity index (χ1v) is 10.7. The zero-order chi connectivity index (χ0) is 20.9. The van der Waals surface area contributed by atoms with Gasteiger partial charge in [-0.15, -0.1) is 0 Å². The van der Waals surface area contributed by atoms with Crippen LogP contribution in [0.2, 0.25) is 0 Å². The standard InChI is InChI=1S/C24H33N3O2/c1-5-21(23(28)27(6-2)7-3)26-17-18(4)20-16-24(12-14-25-15-13-24)29-22-11-9-8-10-19(20)22/h5,8-11,17,20,25H,1,6-7,12-16H2,2-4H3/b18-17+,26-21?. The number of piperidine rings is 1. The van der Waals surface area contributed by atoms with Crippen molar-refractivity contribution in [2.75, 3.05) is 26.2 Å². The van der Waals surface area contributed by atoms with Crippen molar-refractivity contribution in [2.45, 2.75) is 51.6 Å². The van der Waals surface area contributed by atoms with E-state index in [-0.39, 0.29) is 17.4 Å². The number of aliphatic imine (C=N–C) groups is 1. The maximum atomic E-state index is 12.6. The summed E-state index contributed by atoms with van der Waals surface area (Å²) in [4.78, 5) is 18.9. The van der Waals surface area contributed by atoms with Crippen LogP contribution in [0.1, 0.15) is 51.5 Å². The van der Waals surface area contributed by atoms with Crippen LogP contribution < -0.4 is 10.1 Å². The molecule has 0 aromatic heterocycles. The molecule has 0 bridgehead atoms. The Balaban J connectivity index is 1.90. The lowest BCUT2D eigenvalue weighted by atomic mass is 9.75. The van der Waals surface area contributed by atoms with Gasteiger partial charge in [0.2, 0.25) is 0 Å². The Morgan fingerprint density at radius 2 is 2.00 bits per heavy atom. The maximum Gasteiger partial charge on any atom is 0.272 e. The van der Waals surface area contributed by atoms with E-state index < -0.39 is 0 Å². The molecule has 0 saturated carbocycles. The Kier molecular flexibility index (Phi) is 6.91. The average Bonchev–Trinajstić information content (AvgIpc) is 2.75. The van der Waals surface area contributed by atoms with Crippen LogP contribution in [0.25, 0.3) is 0 Å². The van der Waals surface area contributed by atoms with Crippen molar-refractivity contribution in [3.8, 4) is 5.75 Å². The monoisotopic (exact) mass is 395 g/mol. The molecule has 1 spiro atoms. The largest absolute Gasteiger partial charge is 0.487 e. The minimum Gasteiger partial charge on any atom is -0.487 e. The van der Waals surface area contributed by atoms with Crippen molar-refractivity contribution >= 4 is 11.6 Å². The zero-order valence-corrected chi connectivity index (χ0v) is 17.9. The van der Waals surface area contributed by atoms with Gasteiger partial charge in [-0.05, 0) is 70.8 Å². The molecule has 1 fully saturated rings. The number of nitrogens with zero attached hydrogens (tertiary/aromatic N) is 2. The molecule has 1 aromatic carbocycles. The fraction of sp³-hybridized carbons (Fsp3) is 0.500. The van der Waals surface area contributed by atoms with Crippen molar-refractivity contribution in [1.29, 1.82) is 0 Å². The number of carbonyl (C=O) groups is 1. The van der Waals surface area contributed by atoms with E-state index in [4.69, 9.17) is 4.74 Å². The highest BCUT2D eigenvalue weighted by atomic mass is 16.5. The van der Waals surface area contributed by atoms with Crippen LogP contribution in [0.4, 0.5) is 0 Å². The van der Waals surface area contributed by atoms with Crippen LogP contribution in [0.3, 0.4) is 0 Å². The summed E-state index contributed by atoms with van der Waals surface area (Å²) in [5, 5.41) is 3.44. The number of ether oxygens (including phenoxy) is 1. The van der Waals surface area contributed by atoms with Gasteiger partial charge >= 0.3 is 0 Å². The highest BCUT2D eigenvalue weighted by Crippen LogP contribution is 2.47. The summed E-state index contributed by atoms with van der Waals surface area (Å²) in [5.41, 5.74) is 2.62. The Morgan fingerprint density at radius 1 is 1.31 bits per heavy atom. The van der Waals surface area contributed by atoms with Crippen molar-refractivity contribution in [3.05, 3.63) is 54.3 Å². The predicted octanol–water partition coefficient (Wildman–Crippen LogP) is 4.07. The predicted molar refractivity (Wildman–Crippen MR) is 119 cm³/mol. The zero-order valence-electron chi connectivity index (χ0n) is 17.9. The van der Waals surface area contributed by atoms with Gasteiger partial charge in [-0.3, -0.25) is 9.79 Å². The molecule has 1 aromatic rings. The number of para-hydroxylation sites is 1. The number of nitrogens with one attached hydrogen (secondary N) is 1. The van der Waals surface area contributed by atoms with Crippen LogP contribution in [-0.2, 0) is 4.79 Å². The first-order valence-electron chi connectivity index (χ1n) is 10.7. The van der Waals surface area contributed by atoms with E-state index >= 15 is 0 Å². The summed E-state index contributed by atoms with van der Waals surface area (Å²) in [7, 11) is 0. The smallest absolute Gasteiger partial charge is 0.272 e. The number of fused-ring (bicyclic) bond motifs is 1. The number of hydrogen-bond donors (Lipinski definition) is 1. The van der Waals surface area contributed by atoms with E-state index in [1.54, 1.807) is 11.0 Å². The third-order valence-corrected chi connectivity index (χ3v) is 6.13. The molecule has 156 valence electrons. The first kappa shape index (κ1) is 21.3. The van der Waals surface area contributed by atoms with Gasteiger partial charge < -0.3 is 15.0 Å². The molecule has 2 heterocycles. The lowest BCUT2D eigenvalue weighted by Gasteiger charge is -2.45. The molecule has 29 heavy (non-hydrogen) atoms. The Labute approximate surface area is 174 Å². The highest BCUT2D eigenvalue weighted by molar-refractivity contribution is 6.43. The summed E-state index contributed by atoms with van der Waals surface area (Å²) in [5.74, 6) is 1.14. The van der Waals surface area contributed by atoms with Gasteiger partial charge in [0.05, 0.1) is 0 Å². The molecule has 0 aliphatic carbocycles. The third kappa shape index (κ3) is 4.61. The minimum absolute atomic E-state index is 0.0729. The van der Waals surface area contributed by atoms with Crippen molar-refractivity contribution in [1.82, 2.24) is 10.2 Å². The van der Waals surface area contributed by atoms with Gasteiger partial charge in [-0.2, -0.15) is 0 Å². The second-order valence-corrected chi connectivity index (χ2v) is 7.90. The molecule has 1 unspecified atom stereocenters. The number of carbonyl (C=O) groups excluding carboxylic acids is 1. The normalized spacial score (nSPS) is 21.3. The molecule has 3 rings (SSSR count). The van der Waals surface area contributed by atoms with Gasteiger partial charge in [0.1, 0.15) is 17.1 Å². The van der Waals surface area contributed by atoms with Crippen molar-refractivity contribution in [2.24, 2.45) is 4.99 Å². The topological polar surface area (TPSA) is 53.9 Å². The van der Waals surface area contributed by atoms with E-state index in [0.29, 0.717) is 18.8 Å². The van der Waals surface area contributed by atoms with E-state index in [9.17, 15) is 4.79 Å². The van der Waals surface area contributed by atoms with Gasteiger partial charge in [0, 0.05) is 30.8 Å². The molecule has 1 atom stereocenters. The van der Waals surface area contributed by atoms with E-state index in [1.807, 2.05) is 26.1 Å². The molecule has 2 aliphatic rings. The average molecular weight is 396 g/mol. The summed E-state index contributed by atoms with van der Waals surface area (Å²) in [6, 6.07) is 8.31. The molecule has 1 N–H and O–H groups in total. The summed E-state index contributed by atoms with van der Waals surface area (Å²) in [6.07, 6.45) is 6.35. The van der Waals surface area contributed by atoms with Crippen LogP contribution >= 0.6 is 0 Å². The number of benzene rings is 1. The molecule has 5 heteroatoms. The fourth-order valence-electron chi connectivity index (χ4n) is 4.34. The Bertz CT molecular complexity index is 802. The third-order valence-electron chi connectivity index (χ3n) is 6.13. The summed E-state index contributed by atoms with van der Waals surface area (Å²) in [6.45, 7) is 13.1. The summed E-state index contributed by atoms with van der Waals surface area (Å²) < 4.78 is 6.51. The van der Waals surface area contributed by atoms with Crippen LogP contribution in [-0.4, -0.2) is 48.3 Å². The van der Waals surface area contributed by atoms with Crippen LogP contribution in [0.5, 0.6) is 5.75 Å². The van der Waals surface area contributed by atoms with Crippen molar-refractivity contribution < 1.29 is 9.53 Å². The van der Waals surface area contributed by atoms with Gasteiger partial charge in [-0.25, -0.2) is 0 Å². The molecule has 5 nitrogen and oxygen atoms in total. The Morgan fingerprint density at radius 3 is 2.66 bits per heavy atom. The quantitative estimate of drug-likeness (QED) is 0.739. The molecular weight excluding hydrogens is 362 g/mol.